The first-order valence-electron chi connectivity index (χ1n) is 8.64. The summed E-state index contributed by atoms with van der Waals surface area (Å²) in [5, 5.41) is 2.79. The predicted octanol–water partition coefficient (Wildman–Crippen LogP) is 6.12. The standard InChI is InChI=1S/C21H28N/c1-5-6-7-8-12-18-16(2)22(3,4)20-15-14-17-11-9-10-13-19(17)21(18)20/h9-11,13-15H,5-8,12H2,1-4H3/q+1. The highest BCUT2D eigenvalue weighted by Gasteiger charge is 2.37. The lowest BCUT2D eigenvalue weighted by Gasteiger charge is -2.26. The molecule has 1 aliphatic rings. The van der Waals surface area contributed by atoms with E-state index >= 15 is 0 Å². The molecule has 22 heavy (non-hydrogen) atoms. The smallest absolute Gasteiger partial charge is 0.145 e. The maximum absolute atomic E-state index is 2.33. The average molecular weight is 294 g/mol. The lowest BCUT2D eigenvalue weighted by Crippen LogP contribution is -2.36. The molecule has 1 aliphatic heterocycles. The van der Waals surface area contributed by atoms with Crippen LogP contribution in [0, 0.1) is 0 Å². The van der Waals surface area contributed by atoms with Gasteiger partial charge in [0.2, 0.25) is 0 Å². The number of fused-ring (bicyclic) bond motifs is 3. The van der Waals surface area contributed by atoms with Gasteiger partial charge in [-0.1, -0.05) is 50.5 Å². The minimum absolute atomic E-state index is 0.906. The van der Waals surface area contributed by atoms with Gasteiger partial charge in [-0.05, 0) is 29.7 Å². The largest absolute Gasteiger partial charge is 0.267 e. The van der Waals surface area contributed by atoms with E-state index in [9.17, 15) is 0 Å². The monoisotopic (exact) mass is 294 g/mol. The summed E-state index contributed by atoms with van der Waals surface area (Å²) < 4.78 is 0.906. The Morgan fingerprint density at radius 1 is 0.909 bits per heavy atom. The van der Waals surface area contributed by atoms with Gasteiger partial charge >= 0.3 is 0 Å². The number of allylic oxidation sites excluding steroid dienone is 2. The van der Waals surface area contributed by atoms with E-state index in [-0.39, 0.29) is 0 Å². The van der Waals surface area contributed by atoms with E-state index in [0.29, 0.717) is 0 Å². The molecule has 2 aromatic rings. The molecule has 0 amide bonds. The third-order valence-electron chi connectivity index (χ3n) is 5.37. The second-order valence-electron chi connectivity index (χ2n) is 7.01. The zero-order valence-corrected chi connectivity index (χ0v) is 14.4. The summed E-state index contributed by atoms with van der Waals surface area (Å²) in [5.41, 5.74) is 6.08. The van der Waals surface area contributed by atoms with Crippen LogP contribution in [0.2, 0.25) is 0 Å². The molecule has 0 radical (unpaired) electrons. The van der Waals surface area contributed by atoms with Gasteiger partial charge in [-0.2, -0.15) is 0 Å². The lowest BCUT2D eigenvalue weighted by atomic mass is 9.94. The molecule has 0 N–H and O–H groups in total. The fraction of sp³-hybridized carbons (Fsp3) is 0.429. The SMILES string of the molecule is CCCCCCC1=C(C)[N+](C)(C)c2ccc3ccccc3c21. The number of hydrogen-bond donors (Lipinski definition) is 0. The fourth-order valence-corrected chi connectivity index (χ4v) is 3.78. The van der Waals surface area contributed by atoms with Gasteiger partial charge in [0.05, 0.1) is 19.7 Å². The van der Waals surface area contributed by atoms with Gasteiger partial charge < -0.3 is 0 Å². The molecule has 1 heteroatoms. The van der Waals surface area contributed by atoms with Crippen LogP contribution in [-0.2, 0) is 0 Å². The van der Waals surface area contributed by atoms with Crippen molar-refractivity contribution in [3.05, 3.63) is 47.7 Å². The average Bonchev–Trinajstić information content (AvgIpc) is 2.72. The Morgan fingerprint density at radius 3 is 2.45 bits per heavy atom. The van der Waals surface area contributed by atoms with Crippen molar-refractivity contribution in [2.24, 2.45) is 0 Å². The lowest BCUT2D eigenvalue weighted by molar-refractivity contribution is 0.506. The number of quaternary nitrogens is 1. The molecule has 0 fully saturated rings. The molecule has 0 aromatic heterocycles. The van der Waals surface area contributed by atoms with Gasteiger partial charge in [0.25, 0.3) is 0 Å². The third-order valence-corrected chi connectivity index (χ3v) is 5.37. The number of unbranched alkanes of at least 4 members (excludes halogenated alkanes) is 3. The molecule has 2 aromatic carbocycles. The molecule has 0 saturated heterocycles. The van der Waals surface area contributed by atoms with Gasteiger partial charge in [-0.25, -0.2) is 0 Å². The zero-order chi connectivity index (χ0) is 15.7. The fourth-order valence-electron chi connectivity index (χ4n) is 3.78. The summed E-state index contributed by atoms with van der Waals surface area (Å²) in [5.74, 6) is 0. The minimum atomic E-state index is 0.906. The Kier molecular flexibility index (Phi) is 4.10. The second-order valence-corrected chi connectivity index (χ2v) is 7.01. The molecular weight excluding hydrogens is 266 g/mol. The first kappa shape index (κ1) is 15.3. The molecule has 0 saturated carbocycles. The highest BCUT2D eigenvalue weighted by molar-refractivity contribution is 6.02. The van der Waals surface area contributed by atoms with Crippen molar-refractivity contribution in [1.82, 2.24) is 4.48 Å². The van der Waals surface area contributed by atoms with Gasteiger partial charge in [-0.3, -0.25) is 4.48 Å². The minimum Gasteiger partial charge on any atom is -0.267 e. The summed E-state index contributed by atoms with van der Waals surface area (Å²) in [6.07, 6.45) is 6.53. The van der Waals surface area contributed by atoms with Gasteiger partial charge in [0.15, 0.2) is 0 Å². The van der Waals surface area contributed by atoms with Gasteiger partial charge in [0.1, 0.15) is 11.4 Å². The van der Waals surface area contributed by atoms with Crippen molar-refractivity contribution in [2.45, 2.75) is 46.0 Å². The first-order chi connectivity index (χ1) is 10.6. The van der Waals surface area contributed by atoms with Crippen LogP contribution in [0.3, 0.4) is 0 Å². The highest BCUT2D eigenvalue weighted by Crippen LogP contribution is 2.47. The van der Waals surface area contributed by atoms with Crippen LogP contribution in [0.5, 0.6) is 0 Å². The van der Waals surface area contributed by atoms with E-state index in [2.05, 4.69) is 64.3 Å². The Bertz CT molecular complexity index is 722. The van der Waals surface area contributed by atoms with Crippen molar-refractivity contribution >= 4 is 22.0 Å². The Hall–Kier alpha value is -1.60. The van der Waals surface area contributed by atoms with E-state index in [0.717, 1.165) is 4.48 Å². The molecule has 1 nitrogen and oxygen atoms in total. The summed E-state index contributed by atoms with van der Waals surface area (Å²) in [4.78, 5) is 0. The van der Waals surface area contributed by atoms with Crippen LogP contribution in [-0.4, -0.2) is 14.1 Å². The highest BCUT2D eigenvalue weighted by atomic mass is 15.3. The number of benzene rings is 2. The van der Waals surface area contributed by atoms with Crippen molar-refractivity contribution in [3.63, 3.8) is 0 Å². The predicted molar refractivity (Wildman–Crippen MR) is 98.9 cm³/mol. The van der Waals surface area contributed by atoms with E-state index < -0.39 is 0 Å². The zero-order valence-electron chi connectivity index (χ0n) is 14.4. The van der Waals surface area contributed by atoms with Crippen molar-refractivity contribution in [3.8, 4) is 0 Å². The van der Waals surface area contributed by atoms with Crippen LogP contribution < -0.4 is 4.48 Å². The molecule has 0 aliphatic carbocycles. The first-order valence-corrected chi connectivity index (χ1v) is 8.64. The van der Waals surface area contributed by atoms with Crippen molar-refractivity contribution < 1.29 is 0 Å². The van der Waals surface area contributed by atoms with Crippen LogP contribution in [0.1, 0.15) is 51.5 Å². The maximum atomic E-state index is 2.33. The van der Waals surface area contributed by atoms with Crippen LogP contribution in [0.25, 0.3) is 16.3 Å². The molecule has 0 unspecified atom stereocenters. The van der Waals surface area contributed by atoms with E-state index in [1.165, 1.54) is 59.8 Å². The topological polar surface area (TPSA) is 0 Å². The van der Waals surface area contributed by atoms with Crippen molar-refractivity contribution in [2.75, 3.05) is 14.1 Å². The number of hydrogen-bond acceptors (Lipinski definition) is 0. The number of rotatable bonds is 5. The Labute approximate surface area is 134 Å². The second kappa shape index (κ2) is 5.89. The van der Waals surface area contributed by atoms with E-state index in [1.54, 1.807) is 5.57 Å². The molecule has 3 rings (SSSR count). The molecule has 0 bridgehead atoms. The third kappa shape index (κ3) is 2.38. The molecule has 0 atom stereocenters. The summed E-state index contributed by atoms with van der Waals surface area (Å²) >= 11 is 0. The van der Waals surface area contributed by atoms with Gasteiger partial charge in [-0.15, -0.1) is 0 Å². The summed E-state index contributed by atoms with van der Waals surface area (Å²) in [7, 11) is 4.64. The van der Waals surface area contributed by atoms with Gasteiger partial charge in [0, 0.05) is 18.6 Å². The Morgan fingerprint density at radius 2 is 1.68 bits per heavy atom. The van der Waals surface area contributed by atoms with Crippen LogP contribution in [0.4, 0.5) is 5.69 Å². The summed E-state index contributed by atoms with van der Waals surface area (Å²) in [6.45, 7) is 4.60. The van der Waals surface area contributed by atoms with E-state index in [1.807, 2.05) is 0 Å². The quantitative estimate of drug-likeness (QED) is 0.460. The molecule has 116 valence electrons. The van der Waals surface area contributed by atoms with Crippen molar-refractivity contribution in [1.29, 1.82) is 0 Å². The molecular formula is C21H28N+. The van der Waals surface area contributed by atoms with Crippen LogP contribution >= 0.6 is 0 Å². The Balaban J connectivity index is 2.07. The normalized spacial score (nSPS) is 16.4. The van der Waals surface area contributed by atoms with Crippen LogP contribution in [0.15, 0.2) is 42.1 Å². The maximum Gasteiger partial charge on any atom is 0.145 e. The molecule has 0 spiro atoms. The number of nitrogens with zero attached hydrogens (tertiary/aromatic N) is 1. The summed E-state index contributed by atoms with van der Waals surface area (Å²) in [6, 6.07) is 13.4. The van der Waals surface area contributed by atoms with E-state index in [4.69, 9.17) is 0 Å². The molecule has 1 heterocycles.